The van der Waals surface area contributed by atoms with Gasteiger partial charge in [-0.1, -0.05) is 28.5 Å². The quantitative estimate of drug-likeness (QED) is 0.693. The van der Waals surface area contributed by atoms with Gasteiger partial charge in [-0.25, -0.2) is 0 Å². The van der Waals surface area contributed by atoms with E-state index in [9.17, 15) is 4.79 Å². The molecule has 1 amide bonds. The summed E-state index contributed by atoms with van der Waals surface area (Å²) >= 11 is 0. The number of methoxy groups -OCH3 is 1. The molecule has 1 N–H and O–H groups in total. The summed E-state index contributed by atoms with van der Waals surface area (Å²) < 4.78 is 10.4. The van der Waals surface area contributed by atoms with Gasteiger partial charge in [0.2, 0.25) is 0 Å². The summed E-state index contributed by atoms with van der Waals surface area (Å²) in [5, 5.41) is 6.69. The molecule has 138 valence electrons. The van der Waals surface area contributed by atoms with E-state index >= 15 is 0 Å². The normalized spacial score (nSPS) is 11.2. The molecular formula is C21H26N2O3. The number of benzene rings is 1. The molecule has 0 atom stereocenters. The van der Waals surface area contributed by atoms with Gasteiger partial charge in [0.15, 0.2) is 11.5 Å². The first kappa shape index (κ1) is 19.5. The minimum absolute atomic E-state index is 0.248. The predicted molar refractivity (Wildman–Crippen MR) is 103 cm³/mol. The molecule has 1 aromatic carbocycles. The Balaban J connectivity index is 1.88. The minimum atomic E-state index is -0.248. The van der Waals surface area contributed by atoms with E-state index in [2.05, 4.69) is 37.3 Å². The highest BCUT2D eigenvalue weighted by molar-refractivity contribution is 5.93. The predicted octanol–water partition coefficient (Wildman–Crippen LogP) is 4.77. The van der Waals surface area contributed by atoms with Crippen LogP contribution in [0.3, 0.4) is 0 Å². The highest BCUT2D eigenvalue weighted by Gasteiger charge is 2.13. The smallest absolute Gasteiger partial charge is 0.273 e. The van der Waals surface area contributed by atoms with Crippen LogP contribution in [0, 0.1) is 0 Å². The van der Waals surface area contributed by atoms with Gasteiger partial charge in [0, 0.05) is 18.2 Å². The lowest BCUT2D eigenvalue weighted by molar-refractivity contribution is 0.0949. The van der Waals surface area contributed by atoms with Crippen LogP contribution < -0.4 is 10.1 Å². The van der Waals surface area contributed by atoms with Crippen molar-refractivity contribution < 1.29 is 14.1 Å². The highest BCUT2D eigenvalue weighted by Crippen LogP contribution is 2.23. The number of nitrogens with zero attached hydrogens (tertiary/aromatic N) is 1. The van der Waals surface area contributed by atoms with E-state index in [1.807, 2.05) is 30.3 Å². The van der Waals surface area contributed by atoms with Crippen molar-refractivity contribution in [3.05, 3.63) is 59.3 Å². The number of carbonyl (C=O) groups is 1. The summed E-state index contributed by atoms with van der Waals surface area (Å²) in [4.78, 5) is 12.2. The Morgan fingerprint density at radius 3 is 2.58 bits per heavy atom. The number of nitrogens with one attached hydrogen (secondary N) is 1. The molecule has 0 saturated carbocycles. The molecule has 0 aliphatic rings. The first-order valence-electron chi connectivity index (χ1n) is 8.68. The van der Waals surface area contributed by atoms with Crippen LogP contribution >= 0.6 is 0 Å². The van der Waals surface area contributed by atoms with Gasteiger partial charge in [-0.3, -0.25) is 4.79 Å². The maximum Gasteiger partial charge on any atom is 0.273 e. The Morgan fingerprint density at radius 2 is 1.92 bits per heavy atom. The van der Waals surface area contributed by atoms with Crippen molar-refractivity contribution in [3.63, 3.8) is 0 Å². The zero-order valence-corrected chi connectivity index (χ0v) is 15.8. The first-order chi connectivity index (χ1) is 12.5. The molecule has 5 nitrogen and oxygen atoms in total. The van der Waals surface area contributed by atoms with Crippen molar-refractivity contribution in [1.29, 1.82) is 0 Å². The van der Waals surface area contributed by atoms with Gasteiger partial charge >= 0.3 is 0 Å². The molecule has 0 aliphatic heterocycles. The van der Waals surface area contributed by atoms with E-state index in [1.54, 1.807) is 13.2 Å². The summed E-state index contributed by atoms with van der Waals surface area (Å²) in [6, 6.07) is 9.03. The number of aromatic nitrogens is 1. The molecule has 0 radical (unpaired) electrons. The van der Waals surface area contributed by atoms with E-state index in [0.717, 1.165) is 24.2 Å². The van der Waals surface area contributed by atoms with Crippen LogP contribution in [0.5, 0.6) is 5.75 Å². The molecule has 0 spiro atoms. The lowest BCUT2D eigenvalue weighted by Gasteiger charge is -2.01. The van der Waals surface area contributed by atoms with Crippen LogP contribution in [0.15, 0.2) is 58.2 Å². The molecule has 0 aliphatic carbocycles. The standard InChI is InChI=1S/C21H26N2O3/c1-15(2)6-5-7-16(3)12-13-22-21(24)19-14-20(26-23-19)17-8-10-18(25-4)11-9-17/h6,8-12,14H,5,7,13H2,1-4H3,(H,22,24). The molecule has 2 aromatic rings. The van der Waals surface area contributed by atoms with Crippen molar-refractivity contribution in [3.8, 4) is 17.1 Å². The van der Waals surface area contributed by atoms with E-state index < -0.39 is 0 Å². The molecule has 0 saturated heterocycles. The molecule has 2 rings (SSSR count). The summed E-state index contributed by atoms with van der Waals surface area (Å²) in [6.45, 7) is 6.74. The summed E-state index contributed by atoms with van der Waals surface area (Å²) in [5.41, 5.74) is 3.69. The maximum atomic E-state index is 12.2. The lowest BCUT2D eigenvalue weighted by Crippen LogP contribution is -2.23. The van der Waals surface area contributed by atoms with Crippen LogP contribution in [0.25, 0.3) is 11.3 Å². The molecule has 26 heavy (non-hydrogen) atoms. The SMILES string of the molecule is COc1ccc(-c2cc(C(=O)NCC=C(C)CCC=C(C)C)no2)cc1. The summed E-state index contributed by atoms with van der Waals surface area (Å²) in [7, 11) is 1.61. The Kier molecular flexibility index (Phi) is 7.21. The largest absolute Gasteiger partial charge is 0.497 e. The lowest BCUT2D eigenvalue weighted by atomic mass is 10.1. The molecule has 1 heterocycles. The van der Waals surface area contributed by atoms with Crippen molar-refractivity contribution in [2.75, 3.05) is 13.7 Å². The van der Waals surface area contributed by atoms with Crippen LogP contribution in [0.2, 0.25) is 0 Å². The first-order valence-corrected chi connectivity index (χ1v) is 8.68. The van der Waals surface area contributed by atoms with Gasteiger partial charge in [0.25, 0.3) is 5.91 Å². The topological polar surface area (TPSA) is 64.4 Å². The fourth-order valence-electron chi connectivity index (χ4n) is 2.37. The van der Waals surface area contributed by atoms with Crippen molar-refractivity contribution >= 4 is 5.91 Å². The number of hydrogen-bond donors (Lipinski definition) is 1. The van der Waals surface area contributed by atoms with E-state index in [0.29, 0.717) is 12.3 Å². The third kappa shape index (κ3) is 5.92. The van der Waals surface area contributed by atoms with Crippen LogP contribution in [-0.2, 0) is 0 Å². The van der Waals surface area contributed by atoms with Crippen molar-refractivity contribution in [2.24, 2.45) is 0 Å². The second-order valence-corrected chi connectivity index (χ2v) is 6.39. The second kappa shape index (κ2) is 9.61. The average molecular weight is 354 g/mol. The Bertz CT molecular complexity index is 782. The number of rotatable bonds is 8. The molecule has 0 bridgehead atoms. The Labute approximate surface area is 154 Å². The Hall–Kier alpha value is -2.82. The van der Waals surface area contributed by atoms with E-state index in [4.69, 9.17) is 9.26 Å². The van der Waals surface area contributed by atoms with Crippen molar-refractivity contribution in [2.45, 2.75) is 33.6 Å². The van der Waals surface area contributed by atoms with Crippen LogP contribution in [0.4, 0.5) is 0 Å². The Morgan fingerprint density at radius 1 is 1.19 bits per heavy atom. The number of hydrogen-bond acceptors (Lipinski definition) is 4. The third-order valence-corrected chi connectivity index (χ3v) is 3.92. The molecule has 0 unspecified atom stereocenters. The molecule has 0 fully saturated rings. The molecule has 1 aromatic heterocycles. The maximum absolute atomic E-state index is 12.2. The van der Waals surface area contributed by atoms with Gasteiger partial charge in [-0.05, 0) is 57.9 Å². The van der Waals surface area contributed by atoms with Crippen molar-refractivity contribution in [1.82, 2.24) is 10.5 Å². The molecular weight excluding hydrogens is 328 g/mol. The average Bonchev–Trinajstić information content (AvgIpc) is 3.11. The number of allylic oxidation sites excluding steroid dienone is 3. The minimum Gasteiger partial charge on any atom is -0.497 e. The summed E-state index contributed by atoms with van der Waals surface area (Å²) in [5.74, 6) is 1.06. The zero-order chi connectivity index (χ0) is 18.9. The zero-order valence-electron chi connectivity index (χ0n) is 15.8. The van der Waals surface area contributed by atoms with E-state index in [-0.39, 0.29) is 11.6 Å². The molecule has 5 heteroatoms. The monoisotopic (exact) mass is 354 g/mol. The highest BCUT2D eigenvalue weighted by atomic mass is 16.5. The fourth-order valence-corrected chi connectivity index (χ4v) is 2.37. The summed E-state index contributed by atoms with van der Waals surface area (Å²) in [6.07, 6.45) is 6.26. The van der Waals surface area contributed by atoms with Gasteiger partial charge in [0.1, 0.15) is 5.75 Å². The van der Waals surface area contributed by atoms with Gasteiger partial charge < -0.3 is 14.6 Å². The third-order valence-electron chi connectivity index (χ3n) is 3.92. The second-order valence-electron chi connectivity index (χ2n) is 6.39. The fraction of sp³-hybridized carbons (Fsp3) is 0.333. The van der Waals surface area contributed by atoms with Gasteiger partial charge in [-0.2, -0.15) is 0 Å². The van der Waals surface area contributed by atoms with Gasteiger partial charge in [0.05, 0.1) is 7.11 Å². The van der Waals surface area contributed by atoms with Crippen LogP contribution in [-0.4, -0.2) is 24.7 Å². The number of amides is 1. The van der Waals surface area contributed by atoms with Crippen LogP contribution in [0.1, 0.15) is 44.1 Å². The van der Waals surface area contributed by atoms with Gasteiger partial charge in [-0.15, -0.1) is 0 Å². The number of carbonyl (C=O) groups excluding carboxylic acids is 1. The van der Waals surface area contributed by atoms with E-state index in [1.165, 1.54) is 11.1 Å². The number of ether oxygens (including phenoxy) is 1.